The van der Waals surface area contributed by atoms with E-state index in [4.69, 9.17) is 0 Å². The highest BCUT2D eigenvalue weighted by molar-refractivity contribution is 4.81. The topological polar surface area (TPSA) is 3.24 Å². The molecule has 0 heterocycles. The molecular formula is C23H47N. The third-order valence-electron chi connectivity index (χ3n) is 4.87. The summed E-state index contributed by atoms with van der Waals surface area (Å²) in [5.74, 6) is 0. The van der Waals surface area contributed by atoms with Crippen LogP contribution in [0.1, 0.15) is 116 Å². The molecule has 0 bridgehead atoms. The minimum atomic E-state index is 1.21. The number of unbranched alkanes of at least 4 members (excludes halogenated alkanes) is 15. The van der Waals surface area contributed by atoms with E-state index in [9.17, 15) is 0 Å². The van der Waals surface area contributed by atoms with Crippen LogP contribution in [0.4, 0.5) is 0 Å². The molecular weight excluding hydrogens is 290 g/mol. The summed E-state index contributed by atoms with van der Waals surface area (Å²) in [4.78, 5) is 2.27. The van der Waals surface area contributed by atoms with Crippen molar-refractivity contribution in [2.45, 2.75) is 116 Å². The van der Waals surface area contributed by atoms with E-state index in [-0.39, 0.29) is 0 Å². The molecule has 0 aromatic heterocycles. The lowest BCUT2D eigenvalue weighted by molar-refractivity contribution is 0.402. The fourth-order valence-corrected chi connectivity index (χ4v) is 3.22. The van der Waals surface area contributed by atoms with E-state index in [2.05, 4.69) is 38.1 Å². The quantitative estimate of drug-likeness (QED) is 0.172. The Kier molecular flexibility index (Phi) is 20.5. The summed E-state index contributed by atoms with van der Waals surface area (Å²) in [5, 5.41) is 0. The maximum atomic E-state index is 2.40. The van der Waals surface area contributed by atoms with Crippen LogP contribution in [0, 0.1) is 0 Å². The Morgan fingerprint density at radius 2 is 0.875 bits per heavy atom. The fraction of sp³-hybridized carbons (Fsp3) is 0.913. The van der Waals surface area contributed by atoms with E-state index in [1.165, 1.54) is 116 Å². The van der Waals surface area contributed by atoms with Gasteiger partial charge in [-0.3, -0.25) is 0 Å². The molecule has 0 atom stereocenters. The predicted molar refractivity (Wildman–Crippen MR) is 112 cm³/mol. The molecule has 0 amide bonds. The molecule has 0 saturated carbocycles. The number of hydrogen-bond donors (Lipinski definition) is 0. The molecule has 24 heavy (non-hydrogen) atoms. The van der Waals surface area contributed by atoms with Crippen molar-refractivity contribution in [1.29, 1.82) is 0 Å². The van der Waals surface area contributed by atoms with Gasteiger partial charge in [0.2, 0.25) is 0 Å². The number of rotatable bonds is 19. The van der Waals surface area contributed by atoms with Crippen LogP contribution in [0.25, 0.3) is 0 Å². The summed E-state index contributed by atoms with van der Waals surface area (Å²) in [6, 6.07) is 0. The van der Waals surface area contributed by atoms with E-state index >= 15 is 0 Å². The number of nitrogens with zero attached hydrogens (tertiary/aromatic N) is 1. The molecule has 1 heteroatoms. The molecule has 0 rings (SSSR count). The van der Waals surface area contributed by atoms with Gasteiger partial charge in [-0.2, -0.15) is 0 Å². The molecule has 0 radical (unpaired) electrons. The Labute approximate surface area is 154 Å². The first-order chi connectivity index (χ1) is 11.8. The van der Waals surface area contributed by atoms with Crippen molar-refractivity contribution in [2.75, 3.05) is 20.6 Å². The summed E-state index contributed by atoms with van der Waals surface area (Å²) in [7, 11) is 4.30. The molecule has 0 unspecified atom stereocenters. The van der Waals surface area contributed by atoms with E-state index in [0.717, 1.165) is 0 Å². The Balaban J connectivity index is 3.03. The third-order valence-corrected chi connectivity index (χ3v) is 4.87. The summed E-state index contributed by atoms with van der Waals surface area (Å²) >= 11 is 0. The van der Waals surface area contributed by atoms with E-state index in [0.29, 0.717) is 0 Å². The maximum absolute atomic E-state index is 2.40. The van der Waals surface area contributed by atoms with Crippen molar-refractivity contribution in [3.8, 4) is 0 Å². The second-order valence-corrected chi connectivity index (χ2v) is 7.80. The van der Waals surface area contributed by atoms with E-state index < -0.39 is 0 Å². The van der Waals surface area contributed by atoms with Crippen molar-refractivity contribution < 1.29 is 0 Å². The van der Waals surface area contributed by atoms with Gasteiger partial charge in [0.25, 0.3) is 0 Å². The van der Waals surface area contributed by atoms with Crippen LogP contribution in [0.15, 0.2) is 12.2 Å². The molecule has 0 aromatic rings. The zero-order chi connectivity index (χ0) is 17.7. The minimum absolute atomic E-state index is 1.21. The largest absolute Gasteiger partial charge is 0.309 e. The highest BCUT2D eigenvalue weighted by atomic mass is 15.0. The van der Waals surface area contributed by atoms with Gasteiger partial charge in [-0.15, -0.1) is 0 Å². The summed E-state index contributed by atoms with van der Waals surface area (Å²) in [6.45, 7) is 3.51. The first-order valence-electron chi connectivity index (χ1n) is 11.1. The van der Waals surface area contributed by atoms with Crippen LogP contribution in [-0.4, -0.2) is 25.5 Å². The minimum Gasteiger partial charge on any atom is -0.309 e. The van der Waals surface area contributed by atoms with Crippen LogP contribution >= 0.6 is 0 Å². The van der Waals surface area contributed by atoms with Gasteiger partial charge in [0.15, 0.2) is 0 Å². The SMILES string of the molecule is CCCCCCCCCCCCCCCCC=CCCCN(C)C. The van der Waals surface area contributed by atoms with Crippen molar-refractivity contribution in [1.82, 2.24) is 4.90 Å². The Morgan fingerprint density at radius 1 is 0.500 bits per heavy atom. The smallest absolute Gasteiger partial charge is 0.00219 e. The molecule has 0 N–H and O–H groups in total. The fourth-order valence-electron chi connectivity index (χ4n) is 3.22. The van der Waals surface area contributed by atoms with Gasteiger partial charge in [0.1, 0.15) is 0 Å². The number of allylic oxidation sites excluding steroid dienone is 2. The van der Waals surface area contributed by atoms with Crippen LogP contribution in [-0.2, 0) is 0 Å². The lowest BCUT2D eigenvalue weighted by Gasteiger charge is -2.06. The highest BCUT2D eigenvalue weighted by Crippen LogP contribution is 2.13. The molecule has 0 spiro atoms. The molecule has 0 aliphatic rings. The number of hydrogen-bond acceptors (Lipinski definition) is 1. The van der Waals surface area contributed by atoms with Gasteiger partial charge in [0, 0.05) is 0 Å². The first kappa shape index (κ1) is 23.7. The van der Waals surface area contributed by atoms with Gasteiger partial charge in [-0.05, 0) is 46.3 Å². The lowest BCUT2D eigenvalue weighted by atomic mass is 10.0. The second-order valence-electron chi connectivity index (χ2n) is 7.80. The van der Waals surface area contributed by atoms with Crippen LogP contribution in [0.5, 0.6) is 0 Å². The average molecular weight is 338 g/mol. The zero-order valence-electron chi connectivity index (χ0n) is 17.3. The van der Waals surface area contributed by atoms with Crippen molar-refractivity contribution in [2.24, 2.45) is 0 Å². The molecule has 144 valence electrons. The zero-order valence-corrected chi connectivity index (χ0v) is 17.3. The van der Waals surface area contributed by atoms with Gasteiger partial charge < -0.3 is 4.90 Å². The van der Waals surface area contributed by atoms with E-state index in [1.54, 1.807) is 0 Å². The summed E-state index contributed by atoms with van der Waals surface area (Å²) in [5.41, 5.74) is 0. The summed E-state index contributed by atoms with van der Waals surface area (Å²) in [6.07, 6.45) is 28.9. The molecule has 0 aliphatic heterocycles. The van der Waals surface area contributed by atoms with Gasteiger partial charge >= 0.3 is 0 Å². The van der Waals surface area contributed by atoms with E-state index in [1.807, 2.05) is 0 Å². The maximum Gasteiger partial charge on any atom is -0.00219 e. The molecule has 1 nitrogen and oxygen atoms in total. The Bertz CT molecular complexity index is 244. The molecule has 0 fully saturated rings. The first-order valence-corrected chi connectivity index (χ1v) is 11.1. The second kappa shape index (κ2) is 20.7. The monoisotopic (exact) mass is 337 g/mol. The van der Waals surface area contributed by atoms with Crippen LogP contribution in [0.2, 0.25) is 0 Å². The standard InChI is InChI=1S/C23H47N/c1-4-5-6-7-8-9-10-11-12-13-14-15-16-17-18-19-20-21-22-23-24(2)3/h19-20H,4-18,21-23H2,1-3H3. The van der Waals surface area contributed by atoms with Crippen LogP contribution < -0.4 is 0 Å². The highest BCUT2D eigenvalue weighted by Gasteiger charge is 1.94. The normalized spacial score (nSPS) is 11.8. The molecule has 0 aromatic carbocycles. The predicted octanol–water partition coefficient (Wildman–Crippen LogP) is 7.76. The van der Waals surface area contributed by atoms with Crippen LogP contribution in [0.3, 0.4) is 0 Å². The Hall–Kier alpha value is -0.300. The van der Waals surface area contributed by atoms with Crippen molar-refractivity contribution in [3.63, 3.8) is 0 Å². The van der Waals surface area contributed by atoms with Gasteiger partial charge in [-0.1, -0.05) is 103 Å². The van der Waals surface area contributed by atoms with Gasteiger partial charge in [0.05, 0.1) is 0 Å². The summed E-state index contributed by atoms with van der Waals surface area (Å²) < 4.78 is 0. The van der Waals surface area contributed by atoms with Crippen molar-refractivity contribution >= 4 is 0 Å². The van der Waals surface area contributed by atoms with Crippen molar-refractivity contribution in [3.05, 3.63) is 12.2 Å². The third kappa shape index (κ3) is 21.7. The molecule has 0 aliphatic carbocycles. The van der Waals surface area contributed by atoms with Gasteiger partial charge in [-0.25, -0.2) is 0 Å². The Morgan fingerprint density at radius 3 is 1.29 bits per heavy atom. The lowest BCUT2D eigenvalue weighted by Crippen LogP contribution is -2.12. The average Bonchev–Trinajstić information content (AvgIpc) is 2.56. The molecule has 0 saturated heterocycles.